The summed E-state index contributed by atoms with van der Waals surface area (Å²) in [5, 5.41) is 3.47. The molecule has 1 amide bonds. The molecule has 0 aliphatic heterocycles. The van der Waals surface area contributed by atoms with Crippen LogP contribution in [0.25, 0.3) is 0 Å². The third-order valence-electron chi connectivity index (χ3n) is 4.47. The summed E-state index contributed by atoms with van der Waals surface area (Å²) in [7, 11) is 3.59. The van der Waals surface area contributed by atoms with E-state index in [4.69, 9.17) is 16.3 Å². The molecule has 2 atom stereocenters. The molecule has 2 N–H and O–H groups in total. The molecule has 0 fully saturated rings. The number of halogens is 1. The highest BCUT2D eigenvalue weighted by Crippen LogP contribution is 2.27. The molecule has 0 aliphatic carbocycles. The summed E-state index contributed by atoms with van der Waals surface area (Å²) in [6.45, 7) is 4.84. The lowest BCUT2D eigenvalue weighted by Gasteiger charge is -2.22. The zero-order chi connectivity index (χ0) is 18.4. The van der Waals surface area contributed by atoms with E-state index < -0.39 is 0 Å². The van der Waals surface area contributed by atoms with Gasteiger partial charge in [-0.1, -0.05) is 42.8 Å². The Balaban J connectivity index is 2.02. The number of nitrogens with one attached hydrogen (secondary N) is 2. The number of hydrogen-bond donors (Lipinski definition) is 2. The van der Waals surface area contributed by atoms with E-state index in [1.807, 2.05) is 14.0 Å². The minimum absolute atomic E-state index is 0.0664. The standard InChI is InChI=1S/C20H25ClN2O2/c1-5-15-6-8-16(9-7-15)13-23(3)14(2)20(24)22-18-12-17(21)10-11-19(18)25-4/h6-12,14H,5,13H2,1-4H3,(H,22,24)/p+1/t14-/m0/s1. The first-order valence-corrected chi connectivity index (χ1v) is 8.87. The maximum atomic E-state index is 12.6. The van der Waals surface area contributed by atoms with Crippen molar-refractivity contribution < 1.29 is 14.4 Å². The zero-order valence-electron chi connectivity index (χ0n) is 15.2. The van der Waals surface area contributed by atoms with Gasteiger partial charge in [0.2, 0.25) is 0 Å². The van der Waals surface area contributed by atoms with Crippen molar-refractivity contribution in [2.45, 2.75) is 32.9 Å². The Labute approximate surface area is 154 Å². The maximum Gasteiger partial charge on any atom is 0.282 e. The van der Waals surface area contributed by atoms with Gasteiger partial charge < -0.3 is 15.0 Å². The molecule has 0 aliphatic rings. The first-order valence-electron chi connectivity index (χ1n) is 8.49. The Bertz CT molecular complexity index is 716. The van der Waals surface area contributed by atoms with Gasteiger partial charge in [-0.05, 0) is 37.1 Å². The van der Waals surface area contributed by atoms with Crippen LogP contribution >= 0.6 is 11.6 Å². The minimum Gasteiger partial charge on any atom is -0.495 e. The number of carbonyl (C=O) groups is 1. The third-order valence-corrected chi connectivity index (χ3v) is 4.70. The lowest BCUT2D eigenvalue weighted by Crippen LogP contribution is -3.12. The van der Waals surface area contributed by atoms with Gasteiger partial charge in [-0.25, -0.2) is 0 Å². The fourth-order valence-electron chi connectivity index (χ4n) is 2.61. The van der Waals surface area contributed by atoms with Crippen molar-refractivity contribution >= 4 is 23.2 Å². The Morgan fingerprint density at radius 3 is 2.44 bits per heavy atom. The average Bonchev–Trinajstić information content (AvgIpc) is 2.61. The number of rotatable bonds is 7. The SMILES string of the molecule is CCc1ccc(C[NH+](C)[C@@H](C)C(=O)Nc2cc(Cl)ccc2OC)cc1. The normalized spacial score (nSPS) is 13.2. The summed E-state index contributed by atoms with van der Waals surface area (Å²) in [5.74, 6) is 0.529. The van der Waals surface area contributed by atoms with E-state index in [1.165, 1.54) is 11.1 Å². The molecule has 0 heterocycles. The van der Waals surface area contributed by atoms with Crippen molar-refractivity contribution in [1.82, 2.24) is 0 Å². The molecule has 25 heavy (non-hydrogen) atoms. The topological polar surface area (TPSA) is 42.8 Å². The number of hydrogen-bond acceptors (Lipinski definition) is 2. The van der Waals surface area contributed by atoms with Gasteiger partial charge in [-0.2, -0.15) is 0 Å². The molecule has 0 saturated heterocycles. The monoisotopic (exact) mass is 361 g/mol. The number of carbonyl (C=O) groups excluding carboxylic acids is 1. The molecule has 0 bridgehead atoms. The molecule has 0 saturated carbocycles. The molecular weight excluding hydrogens is 336 g/mol. The van der Waals surface area contributed by atoms with E-state index in [1.54, 1.807) is 25.3 Å². The van der Waals surface area contributed by atoms with Gasteiger partial charge in [0, 0.05) is 10.6 Å². The van der Waals surface area contributed by atoms with Gasteiger partial charge in [0.25, 0.3) is 5.91 Å². The maximum absolute atomic E-state index is 12.6. The van der Waals surface area contributed by atoms with Crippen molar-refractivity contribution in [3.8, 4) is 5.75 Å². The van der Waals surface area contributed by atoms with Crippen LogP contribution in [0.15, 0.2) is 42.5 Å². The van der Waals surface area contributed by atoms with Crippen molar-refractivity contribution in [3.05, 3.63) is 58.6 Å². The lowest BCUT2D eigenvalue weighted by molar-refractivity contribution is -0.907. The number of quaternary nitrogens is 1. The average molecular weight is 362 g/mol. The second kappa shape index (κ2) is 8.88. The van der Waals surface area contributed by atoms with Crippen LogP contribution in [0.5, 0.6) is 5.75 Å². The highest BCUT2D eigenvalue weighted by Gasteiger charge is 2.23. The van der Waals surface area contributed by atoms with E-state index in [9.17, 15) is 4.79 Å². The van der Waals surface area contributed by atoms with Gasteiger partial charge in [-0.15, -0.1) is 0 Å². The van der Waals surface area contributed by atoms with Gasteiger partial charge in [0.05, 0.1) is 19.8 Å². The van der Waals surface area contributed by atoms with Crippen LogP contribution < -0.4 is 15.0 Å². The van der Waals surface area contributed by atoms with Crippen molar-refractivity contribution in [2.75, 3.05) is 19.5 Å². The molecule has 0 aromatic heterocycles. The Kier molecular flexibility index (Phi) is 6.85. The second-order valence-electron chi connectivity index (χ2n) is 6.25. The largest absolute Gasteiger partial charge is 0.495 e. The molecule has 134 valence electrons. The first-order chi connectivity index (χ1) is 11.9. The number of anilines is 1. The van der Waals surface area contributed by atoms with Crippen LogP contribution in [0, 0.1) is 0 Å². The molecule has 2 aromatic rings. The summed E-state index contributed by atoms with van der Waals surface area (Å²) in [5.41, 5.74) is 3.13. The van der Waals surface area contributed by atoms with Gasteiger partial charge in [-0.3, -0.25) is 4.79 Å². The Hall–Kier alpha value is -2.04. The molecule has 4 nitrogen and oxygen atoms in total. The molecule has 1 unspecified atom stereocenters. The molecule has 2 rings (SSSR count). The van der Waals surface area contributed by atoms with Crippen LogP contribution in [0.2, 0.25) is 5.02 Å². The summed E-state index contributed by atoms with van der Waals surface area (Å²) in [6.07, 6.45) is 1.03. The summed E-state index contributed by atoms with van der Waals surface area (Å²) >= 11 is 6.02. The van der Waals surface area contributed by atoms with Crippen LogP contribution in [-0.2, 0) is 17.8 Å². The van der Waals surface area contributed by atoms with Gasteiger partial charge in [0.1, 0.15) is 12.3 Å². The predicted octanol–water partition coefficient (Wildman–Crippen LogP) is 2.95. The van der Waals surface area contributed by atoms with Crippen molar-refractivity contribution in [2.24, 2.45) is 0 Å². The number of aryl methyl sites for hydroxylation is 1. The minimum atomic E-state index is -0.213. The van der Waals surface area contributed by atoms with Gasteiger partial charge >= 0.3 is 0 Å². The first kappa shape index (κ1) is 19.3. The van der Waals surface area contributed by atoms with E-state index in [-0.39, 0.29) is 11.9 Å². The predicted molar refractivity (Wildman–Crippen MR) is 103 cm³/mol. The Morgan fingerprint density at radius 1 is 1.20 bits per heavy atom. The van der Waals surface area contributed by atoms with Crippen LogP contribution in [0.3, 0.4) is 0 Å². The fourth-order valence-corrected chi connectivity index (χ4v) is 2.78. The molecule has 5 heteroatoms. The fraction of sp³-hybridized carbons (Fsp3) is 0.350. The smallest absolute Gasteiger partial charge is 0.282 e. The molecule has 2 aromatic carbocycles. The summed E-state index contributed by atoms with van der Waals surface area (Å²) < 4.78 is 5.28. The highest BCUT2D eigenvalue weighted by atomic mass is 35.5. The highest BCUT2D eigenvalue weighted by molar-refractivity contribution is 6.31. The van der Waals surface area contributed by atoms with Crippen LogP contribution in [0.1, 0.15) is 25.0 Å². The Morgan fingerprint density at radius 2 is 1.84 bits per heavy atom. The van der Waals surface area contributed by atoms with Crippen molar-refractivity contribution in [3.63, 3.8) is 0 Å². The van der Waals surface area contributed by atoms with E-state index in [2.05, 4.69) is 36.5 Å². The van der Waals surface area contributed by atoms with Crippen LogP contribution in [0.4, 0.5) is 5.69 Å². The van der Waals surface area contributed by atoms with E-state index in [0.29, 0.717) is 16.5 Å². The number of amides is 1. The summed E-state index contributed by atoms with van der Waals surface area (Å²) in [6, 6.07) is 13.5. The second-order valence-corrected chi connectivity index (χ2v) is 6.69. The summed E-state index contributed by atoms with van der Waals surface area (Å²) in [4.78, 5) is 13.7. The molecular formula is C20H26ClN2O2+. The zero-order valence-corrected chi connectivity index (χ0v) is 16.0. The molecule has 0 radical (unpaired) electrons. The van der Waals surface area contributed by atoms with E-state index >= 15 is 0 Å². The number of likely N-dealkylation sites (N-methyl/N-ethyl adjacent to an activating group) is 1. The van der Waals surface area contributed by atoms with Crippen molar-refractivity contribution in [1.29, 1.82) is 0 Å². The number of ether oxygens (including phenoxy) is 1. The molecule has 0 spiro atoms. The van der Waals surface area contributed by atoms with E-state index in [0.717, 1.165) is 17.9 Å². The van der Waals surface area contributed by atoms with Crippen LogP contribution in [-0.4, -0.2) is 26.1 Å². The number of benzene rings is 2. The lowest BCUT2D eigenvalue weighted by atomic mass is 10.1. The van der Waals surface area contributed by atoms with Gasteiger partial charge in [0.15, 0.2) is 6.04 Å². The third kappa shape index (κ3) is 5.21. The quantitative estimate of drug-likeness (QED) is 0.796. The number of methoxy groups -OCH3 is 1.